The summed E-state index contributed by atoms with van der Waals surface area (Å²) in [6.45, 7) is 9.42. The molecule has 1 aromatic rings. The summed E-state index contributed by atoms with van der Waals surface area (Å²) in [4.78, 5) is 0. The third-order valence-electron chi connectivity index (χ3n) is 6.44. The van der Waals surface area contributed by atoms with Gasteiger partial charge in [-0.15, -0.1) is 11.8 Å². The zero-order valence-electron chi connectivity index (χ0n) is 15.9. The van der Waals surface area contributed by atoms with Crippen molar-refractivity contribution in [3.05, 3.63) is 98.0 Å². The quantitative estimate of drug-likeness (QED) is 0.562. The van der Waals surface area contributed by atoms with Gasteiger partial charge in [-0.3, -0.25) is 0 Å². The van der Waals surface area contributed by atoms with Gasteiger partial charge in [0.15, 0.2) is 0 Å². The molecule has 26 heavy (non-hydrogen) atoms. The molecule has 5 rings (SSSR count). The summed E-state index contributed by atoms with van der Waals surface area (Å²) < 4.78 is 0. The number of fused-ring (bicyclic) bond motifs is 3. The van der Waals surface area contributed by atoms with Crippen molar-refractivity contribution >= 4 is 17.8 Å². The van der Waals surface area contributed by atoms with E-state index in [0.717, 1.165) is 6.42 Å². The third kappa shape index (κ3) is 2.16. The molecule has 0 N–H and O–H groups in total. The van der Waals surface area contributed by atoms with Crippen molar-refractivity contribution in [2.45, 2.75) is 39.4 Å². The van der Waals surface area contributed by atoms with E-state index in [9.17, 15) is 0 Å². The summed E-state index contributed by atoms with van der Waals surface area (Å²) >= 11 is 1.94. The summed E-state index contributed by atoms with van der Waals surface area (Å²) in [7, 11) is 0. The number of benzene rings is 1. The van der Waals surface area contributed by atoms with Gasteiger partial charge in [-0.2, -0.15) is 0 Å². The molecule has 1 unspecified atom stereocenters. The van der Waals surface area contributed by atoms with Crippen molar-refractivity contribution in [3.8, 4) is 0 Å². The molecule has 0 bridgehead atoms. The van der Waals surface area contributed by atoms with Crippen molar-refractivity contribution in [2.24, 2.45) is 5.41 Å². The van der Waals surface area contributed by atoms with Crippen LogP contribution in [0.1, 0.15) is 38.8 Å². The van der Waals surface area contributed by atoms with Crippen LogP contribution in [0.2, 0.25) is 0 Å². The molecule has 0 aromatic heterocycles. The van der Waals surface area contributed by atoms with Crippen molar-refractivity contribution in [1.29, 1.82) is 0 Å². The van der Waals surface area contributed by atoms with E-state index in [1.54, 1.807) is 0 Å². The standard InChI is InChI=1S/C25H24S/c1-15-11-21-16(2)20-9-10-26-23(20)14-22(21)24(15)25(3,4)19-12-17-7-5-6-8-18(17)13-19/h5-12,14,23H,13H2,1-4H3. The van der Waals surface area contributed by atoms with Crippen LogP contribution in [0.4, 0.5) is 0 Å². The van der Waals surface area contributed by atoms with Crippen molar-refractivity contribution in [2.75, 3.05) is 0 Å². The maximum atomic E-state index is 2.51. The Labute approximate surface area is 160 Å². The van der Waals surface area contributed by atoms with Crippen molar-refractivity contribution in [3.63, 3.8) is 0 Å². The van der Waals surface area contributed by atoms with Crippen LogP contribution in [-0.2, 0) is 6.42 Å². The lowest BCUT2D eigenvalue weighted by Gasteiger charge is -2.33. The zero-order chi connectivity index (χ0) is 18.1. The lowest BCUT2D eigenvalue weighted by atomic mass is 9.71. The van der Waals surface area contributed by atoms with Gasteiger partial charge in [-0.05, 0) is 70.2 Å². The zero-order valence-corrected chi connectivity index (χ0v) is 16.7. The molecule has 0 fully saturated rings. The first-order valence-electron chi connectivity index (χ1n) is 9.44. The monoisotopic (exact) mass is 356 g/mol. The summed E-state index contributed by atoms with van der Waals surface area (Å²) in [5.41, 5.74) is 13.3. The summed E-state index contributed by atoms with van der Waals surface area (Å²) in [5, 5.41) is 2.74. The Bertz CT molecular complexity index is 1020. The van der Waals surface area contributed by atoms with Gasteiger partial charge < -0.3 is 0 Å². The molecule has 3 aliphatic carbocycles. The van der Waals surface area contributed by atoms with Gasteiger partial charge in [0, 0.05) is 5.41 Å². The first-order chi connectivity index (χ1) is 12.5. The molecule has 0 radical (unpaired) electrons. The summed E-state index contributed by atoms with van der Waals surface area (Å²) in [5.74, 6) is 0. The Morgan fingerprint density at radius 2 is 1.85 bits per heavy atom. The van der Waals surface area contributed by atoms with Crippen LogP contribution < -0.4 is 0 Å². The van der Waals surface area contributed by atoms with E-state index in [4.69, 9.17) is 0 Å². The lowest BCUT2D eigenvalue weighted by Crippen LogP contribution is -2.22. The Kier molecular flexibility index (Phi) is 3.43. The van der Waals surface area contributed by atoms with E-state index in [0.29, 0.717) is 5.25 Å². The Morgan fingerprint density at radius 3 is 2.65 bits per heavy atom. The van der Waals surface area contributed by atoms with Gasteiger partial charge in [0.25, 0.3) is 0 Å². The second kappa shape index (κ2) is 5.50. The van der Waals surface area contributed by atoms with Crippen LogP contribution >= 0.6 is 11.8 Å². The highest BCUT2D eigenvalue weighted by molar-refractivity contribution is 8.03. The highest BCUT2D eigenvalue weighted by Crippen LogP contribution is 2.53. The number of hydrogen-bond acceptors (Lipinski definition) is 1. The van der Waals surface area contributed by atoms with Gasteiger partial charge in [-0.25, -0.2) is 0 Å². The molecule has 0 saturated carbocycles. The van der Waals surface area contributed by atoms with E-state index in [2.05, 4.69) is 81.7 Å². The second-order valence-electron chi connectivity index (χ2n) is 8.31. The van der Waals surface area contributed by atoms with Crippen LogP contribution in [0.3, 0.4) is 0 Å². The summed E-state index contributed by atoms with van der Waals surface area (Å²) in [6, 6.07) is 8.83. The van der Waals surface area contributed by atoms with E-state index in [1.165, 1.54) is 50.1 Å². The van der Waals surface area contributed by atoms with Crippen LogP contribution in [-0.4, -0.2) is 5.25 Å². The smallest absolute Gasteiger partial charge is 0.0530 e. The van der Waals surface area contributed by atoms with Crippen LogP contribution in [0.15, 0.2) is 86.9 Å². The maximum Gasteiger partial charge on any atom is 0.0530 e. The van der Waals surface area contributed by atoms with Crippen LogP contribution in [0.5, 0.6) is 0 Å². The highest BCUT2D eigenvalue weighted by atomic mass is 32.2. The van der Waals surface area contributed by atoms with E-state index in [1.807, 2.05) is 11.8 Å². The van der Waals surface area contributed by atoms with Crippen molar-refractivity contribution < 1.29 is 0 Å². The number of rotatable bonds is 2. The SMILES string of the molecule is CC1=C(C(C)(C)C2=Cc3ccccc3C2)C2=CC3SC=CC3=C(C)C2=C1. The number of hydrogen-bond donors (Lipinski definition) is 0. The normalized spacial score (nSPS) is 23.7. The summed E-state index contributed by atoms with van der Waals surface area (Å²) in [6.07, 6.45) is 10.7. The average molecular weight is 357 g/mol. The van der Waals surface area contributed by atoms with E-state index >= 15 is 0 Å². The van der Waals surface area contributed by atoms with E-state index < -0.39 is 0 Å². The third-order valence-corrected chi connectivity index (χ3v) is 7.42. The Hall–Kier alpha value is -1.99. The fraction of sp³-hybridized carbons (Fsp3) is 0.280. The minimum atomic E-state index is 0.0433. The fourth-order valence-electron chi connectivity index (χ4n) is 5.01. The molecule has 1 aliphatic heterocycles. The van der Waals surface area contributed by atoms with Gasteiger partial charge >= 0.3 is 0 Å². The van der Waals surface area contributed by atoms with Gasteiger partial charge in [-0.1, -0.05) is 68.0 Å². The first kappa shape index (κ1) is 16.2. The minimum absolute atomic E-state index is 0.0433. The van der Waals surface area contributed by atoms with Crippen LogP contribution in [0, 0.1) is 5.41 Å². The van der Waals surface area contributed by atoms with Gasteiger partial charge in [0.1, 0.15) is 0 Å². The molecule has 1 heteroatoms. The molecule has 1 atom stereocenters. The van der Waals surface area contributed by atoms with Gasteiger partial charge in [0.05, 0.1) is 5.25 Å². The topological polar surface area (TPSA) is 0 Å². The molecule has 0 nitrogen and oxygen atoms in total. The molecule has 4 aliphatic rings. The Balaban J connectivity index is 1.57. The largest absolute Gasteiger partial charge is 0.122 e. The molecule has 1 aromatic carbocycles. The highest BCUT2D eigenvalue weighted by Gasteiger charge is 2.39. The maximum absolute atomic E-state index is 2.51. The van der Waals surface area contributed by atoms with Crippen molar-refractivity contribution in [1.82, 2.24) is 0 Å². The molecule has 1 heterocycles. The predicted octanol–water partition coefficient (Wildman–Crippen LogP) is 6.79. The molecular weight excluding hydrogens is 332 g/mol. The molecular formula is C25H24S. The second-order valence-corrected chi connectivity index (χ2v) is 9.36. The van der Waals surface area contributed by atoms with Gasteiger partial charge in [0.2, 0.25) is 0 Å². The van der Waals surface area contributed by atoms with E-state index in [-0.39, 0.29) is 5.41 Å². The molecule has 0 amide bonds. The number of thioether (sulfide) groups is 1. The van der Waals surface area contributed by atoms with Crippen LogP contribution in [0.25, 0.3) is 6.08 Å². The first-order valence-corrected chi connectivity index (χ1v) is 10.4. The average Bonchev–Trinajstić information content (AvgIpc) is 3.31. The molecule has 130 valence electrons. The molecule has 0 spiro atoms. The minimum Gasteiger partial charge on any atom is -0.122 e. The number of allylic oxidation sites excluding steroid dienone is 8. The predicted molar refractivity (Wildman–Crippen MR) is 114 cm³/mol. The lowest BCUT2D eigenvalue weighted by molar-refractivity contribution is 0.538. The Morgan fingerprint density at radius 1 is 1.04 bits per heavy atom. The fourth-order valence-corrected chi connectivity index (χ4v) is 6.02. The molecule has 0 saturated heterocycles.